The van der Waals surface area contributed by atoms with Gasteiger partial charge in [0.15, 0.2) is 5.82 Å². The van der Waals surface area contributed by atoms with Crippen LogP contribution >= 0.6 is 22.9 Å². The lowest BCUT2D eigenvalue weighted by Gasteiger charge is -2.07. The van der Waals surface area contributed by atoms with Crippen molar-refractivity contribution in [3.8, 4) is 0 Å². The maximum Gasteiger partial charge on any atom is 0.222 e. The molecule has 3 N–H and O–H groups in total. The van der Waals surface area contributed by atoms with E-state index in [-0.39, 0.29) is 5.95 Å². The molecule has 0 radical (unpaired) electrons. The zero-order valence-electron chi connectivity index (χ0n) is 9.22. The first-order chi connectivity index (χ1) is 8.72. The van der Waals surface area contributed by atoms with Crippen molar-refractivity contribution in [2.75, 3.05) is 11.1 Å². The van der Waals surface area contributed by atoms with Gasteiger partial charge in [-0.25, -0.2) is 4.98 Å². The number of nitrogens with zero attached hydrogens (tertiary/aromatic N) is 2. The van der Waals surface area contributed by atoms with Crippen molar-refractivity contribution in [2.24, 2.45) is 0 Å². The Morgan fingerprint density at radius 1 is 1.28 bits per heavy atom. The van der Waals surface area contributed by atoms with Gasteiger partial charge in [-0.3, -0.25) is 0 Å². The molecule has 0 atom stereocenters. The molecule has 0 amide bonds. The quantitative estimate of drug-likeness (QED) is 0.749. The highest BCUT2D eigenvalue weighted by molar-refractivity contribution is 7.17. The second kappa shape index (κ2) is 4.44. The van der Waals surface area contributed by atoms with Crippen molar-refractivity contribution < 1.29 is 0 Å². The second-order valence-electron chi connectivity index (χ2n) is 3.72. The van der Waals surface area contributed by atoms with E-state index in [1.165, 1.54) is 16.3 Å². The van der Waals surface area contributed by atoms with Gasteiger partial charge in [0.2, 0.25) is 5.95 Å². The summed E-state index contributed by atoms with van der Waals surface area (Å²) in [6, 6.07) is 8.15. The second-order valence-corrected chi connectivity index (χ2v) is 5.08. The Bertz CT molecular complexity index is 710. The van der Waals surface area contributed by atoms with E-state index in [1.807, 2.05) is 12.1 Å². The van der Waals surface area contributed by atoms with Crippen LogP contribution in [0, 0.1) is 0 Å². The highest BCUT2D eigenvalue weighted by atomic mass is 35.5. The topological polar surface area (TPSA) is 63.8 Å². The van der Waals surface area contributed by atoms with Crippen LogP contribution in [0.15, 0.2) is 35.8 Å². The Morgan fingerprint density at radius 2 is 2.17 bits per heavy atom. The zero-order chi connectivity index (χ0) is 12.5. The van der Waals surface area contributed by atoms with Gasteiger partial charge in [0, 0.05) is 10.4 Å². The van der Waals surface area contributed by atoms with Crippen LogP contribution in [0.2, 0.25) is 5.02 Å². The molecule has 2 heterocycles. The normalized spacial score (nSPS) is 10.7. The fourth-order valence-corrected chi connectivity index (χ4v) is 2.56. The molecule has 0 aliphatic rings. The first kappa shape index (κ1) is 11.3. The monoisotopic (exact) mass is 276 g/mol. The number of anilines is 3. The standard InChI is InChI=1S/C12H9ClN4S/c13-9-6-15-12(14)17-11(9)16-8-1-2-10-7(5-8)3-4-18-10/h1-6H,(H3,14,15,16,17). The van der Waals surface area contributed by atoms with Crippen LogP contribution in [0.5, 0.6) is 0 Å². The van der Waals surface area contributed by atoms with Crippen molar-refractivity contribution in [3.63, 3.8) is 0 Å². The molecule has 0 aliphatic heterocycles. The fourth-order valence-electron chi connectivity index (χ4n) is 1.65. The number of nitrogens with two attached hydrogens (primary N) is 1. The van der Waals surface area contributed by atoms with Gasteiger partial charge < -0.3 is 11.1 Å². The van der Waals surface area contributed by atoms with E-state index in [4.69, 9.17) is 17.3 Å². The molecule has 1 aromatic carbocycles. The average Bonchev–Trinajstić information content (AvgIpc) is 2.81. The molecule has 90 valence electrons. The number of benzene rings is 1. The number of hydrogen-bond acceptors (Lipinski definition) is 5. The fraction of sp³-hybridized carbons (Fsp3) is 0. The summed E-state index contributed by atoms with van der Waals surface area (Å²) in [5, 5.41) is 6.82. The third-order valence-electron chi connectivity index (χ3n) is 2.48. The van der Waals surface area contributed by atoms with Gasteiger partial charge >= 0.3 is 0 Å². The summed E-state index contributed by atoms with van der Waals surface area (Å²) in [5.41, 5.74) is 6.45. The number of rotatable bonds is 2. The van der Waals surface area contributed by atoms with Crippen LogP contribution in [0.25, 0.3) is 10.1 Å². The Hall–Kier alpha value is -1.85. The largest absolute Gasteiger partial charge is 0.368 e. The van der Waals surface area contributed by atoms with E-state index in [2.05, 4.69) is 32.8 Å². The van der Waals surface area contributed by atoms with Crippen LogP contribution < -0.4 is 11.1 Å². The minimum absolute atomic E-state index is 0.193. The first-order valence-electron chi connectivity index (χ1n) is 5.25. The number of thiophene rings is 1. The molecular formula is C12H9ClN4S. The lowest BCUT2D eigenvalue weighted by Crippen LogP contribution is -2.00. The summed E-state index contributed by atoms with van der Waals surface area (Å²) in [6.07, 6.45) is 1.48. The van der Waals surface area contributed by atoms with Gasteiger partial charge in [-0.15, -0.1) is 11.3 Å². The molecule has 2 aromatic heterocycles. The van der Waals surface area contributed by atoms with Crippen molar-refractivity contribution in [3.05, 3.63) is 40.9 Å². The smallest absolute Gasteiger partial charge is 0.222 e. The zero-order valence-corrected chi connectivity index (χ0v) is 10.8. The van der Waals surface area contributed by atoms with Crippen molar-refractivity contribution in [1.82, 2.24) is 9.97 Å². The van der Waals surface area contributed by atoms with Gasteiger partial charge in [-0.2, -0.15) is 4.98 Å². The lowest BCUT2D eigenvalue weighted by atomic mass is 10.2. The predicted molar refractivity (Wildman–Crippen MR) is 76.6 cm³/mol. The van der Waals surface area contributed by atoms with E-state index in [9.17, 15) is 0 Å². The molecule has 0 saturated carbocycles. The van der Waals surface area contributed by atoms with Crippen molar-refractivity contribution >= 4 is 50.5 Å². The van der Waals surface area contributed by atoms with E-state index < -0.39 is 0 Å². The molecule has 0 spiro atoms. The Balaban J connectivity index is 1.97. The summed E-state index contributed by atoms with van der Waals surface area (Å²) >= 11 is 7.71. The van der Waals surface area contributed by atoms with Crippen LogP contribution in [0.1, 0.15) is 0 Å². The molecule has 6 heteroatoms. The molecule has 0 saturated heterocycles. The molecule has 0 unspecified atom stereocenters. The van der Waals surface area contributed by atoms with E-state index in [0.717, 1.165) is 5.69 Å². The first-order valence-corrected chi connectivity index (χ1v) is 6.50. The Kier molecular flexibility index (Phi) is 2.77. The number of nitrogens with one attached hydrogen (secondary N) is 1. The highest BCUT2D eigenvalue weighted by Gasteiger charge is 2.05. The van der Waals surface area contributed by atoms with Crippen LogP contribution in [-0.2, 0) is 0 Å². The van der Waals surface area contributed by atoms with Crippen LogP contribution in [0.3, 0.4) is 0 Å². The van der Waals surface area contributed by atoms with E-state index >= 15 is 0 Å². The van der Waals surface area contributed by atoms with Gasteiger partial charge in [0.1, 0.15) is 5.02 Å². The van der Waals surface area contributed by atoms with E-state index in [0.29, 0.717) is 10.8 Å². The number of nitrogen functional groups attached to an aromatic ring is 1. The SMILES string of the molecule is Nc1ncc(Cl)c(Nc2ccc3sccc3c2)n1. The average molecular weight is 277 g/mol. The summed E-state index contributed by atoms with van der Waals surface area (Å²) in [4.78, 5) is 7.88. The molecule has 0 fully saturated rings. The third kappa shape index (κ3) is 2.10. The van der Waals surface area contributed by atoms with Gasteiger partial charge in [-0.05, 0) is 35.0 Å². The molecule has 0 bridgehead atoms. The van der Waals surface area contributed by atoms with Crippen molar-refractivity contribution in [2.45, 2.75) is 0 Å². The number of aromatic nitrogens is 2. The predicted octanol–water partition coefficient (Wildman–Crippen LogP) is 3.67. The van der Waals surface area contributed by atoms with Crippen LogP contribution in [-0.4, -0.2) is 9.97 Å². The summed E-state index contributed by atoms with van der Waals surface area (Å²) in [6.45, 7) is 0. The minimum Gasteiger partial charge on any atom is -0.368 e. The minimum atomic E-state index is 0.193. The Labute approximate surface area is 112 Å². The molecule has 3 rings (SSSR count). The molecular weight excluding hydrogens is 268 g/mol. The number of halogens is 1. The molecule has 4 nitrogen and oxygen atoms in total. The van der Waals surface area contributed by atoms with Crippen molar-refractivity contribution in [1.29, 1.82) is 0 Å². The van der Waals surface area contributed by atoms with Crippen LogP contribution in [0.4, 0.5) is 17.5 Å². The highest BCUT2D eigenvalue weighted by Crippen LogP contribution is 2.27. The lowest BCUT2D eigenvalue weighted by molar-refractivity contribution is 1.18. The maximum atomic E-state index is 6.00. The third-order valence-corrected chi connectivity index (χ3v) is 3.65. The number of hydrogen-bond donors (Lipinski definition) is 2. The summed E-state index contributed by atoms with van der Waals surface area (Å²) in [5.74, 6) is 0.706. The van der Waals surface area contributed by atoms with Gasteiger partial charge in [-0.1, -0.05) is 11.6 Å². The summed E-state index contributed by atoms with van der Waals surface area (Å²) < 4.78 is 1.24. The molecule has 0 aliphatic carbocycles. The molecule has 18 heavy (non-hydrogen) atoms. The van der Waals surface area contributed by atoms with Gasteiger partial charge in [0.25, 0.3) is 0 Å². The Morgan fingerprint density at radius 3 is 3.06 bits per heavy atom. The van der Waals surface area contributed by atoms with E-state index in [1.54, 1.807) is 11.3 Å². The number of fused-ring (bicyclic) bond motifs is 1. The molecule has 3 aromatic rings. The summed E-state index contributed by atoms with van der Waals surface area (Å²) in [7, 11) is 0. The maximum absolute atomic E-state index is 6.00. The van der Waals surface area contributed by atoms with Gasteiger partial charge in [0.05, 0.1) is 6.20 Å².